The first-order chi connectivity index (χ1) is 12.1. The van der Waals surface area contributed by atoms with Crippen molar-refractivity contribution < 1.29 is 23.8 Å². The third-order valence-electron chi connectivity index (χ3n) is 3.67. The molecule has 0 aliphatic carbocycles. The molecule has 0 aromatic heterocycles. The van der Waals surface area contributed by atoms with Crippen LogP contribution in [0.2, 0.25) is 0 Å². The van der Waals surface area contributed by atoms with Crippen LogP contribution < -0.4 is 19.5 Å². The number of likely N-dealkylation sites (N-methyl/N-ethyl adjacent to an activating group) is 1. The van der Waals surface area contributed by atoms with E-state index < -0.39 is 0 Å². The van der Waals surface area contributed by atoms with E-state index in [9.17, 15) is 9.59 Å². The Labute approximate surface area is 155 Å². The number of ether oxygens (including phenoxy) is 3. The van der Waals surface area contributed by atoms with Crippen LogP contribution in [0.3, 0.4) is 0 Å². The van der Waals surface area contributed by atoms with E-state index in [1.807, 2.05) is 32.9 Å². The van der Waals surface area contributed by atoms with Crippen molar-refractivity contribution in [3.8, 4) is 17.2 Å². The van der Waals surface area contributed by atoms with Crippen LogP contribution in [0.25, 0.3) is 0 Å². The van der Waals surface area contributed by atoms with Crippen molar-refractivity contribution in [3.63, 3.8) is 0 Å². The number of hydrogen-bond acceptors (Lipinski definition) is 5. The molecule has 1 aromatic rings. The zero-order chi connectivity index (χ0) is 19.9. The van der Waals surface area contributed by atoms with Gasteiger partial charge in [-0.2, -0.15) is 0 Å². The predicted molar refractivity (Wildman–Crippen MR) is 100.0 cm³/mol. The summed E-state index contributed by atoms with van der Waals surface area (Å²) >= 11 is 0. The molecule has 0 bridgehead atoms. The zero-order valence-electron chi connectivity index (χ0n) is 16.8. The van der Waals surface area contributed by atoms with Gasteiger partial charge in [-0.25, -0.2) is 0 Å². The van der Waals surface area contributed by atoms with E-state index in [-0.39, 0.29) is 30.3 Å². The highest BCUT2D eigenvalue weighted by molar-refractivity contribution is 5.85. The van der Waals surface area contributed by atoms with Crippen molar-refractivity contribution >= 4 is 11.8 Å². The Balaban J connectivity index is 2.71. The van der Waals surface area contributed by atoms with Gasteiger partial charge >= 0.3 is 0 Å². The normalized spacial score (nSPS) is 10.9. The Morgan fingerprint density at radius 1 is 1.04 bits per heavy atom. The van der Waals surface area contributed by atoms with Crippen molar-refractivity contribution in [1.82, 2.24) is 10.2 Å². The van der Waals surface area contributed by atoms with Gasteiger partial charge in [-0.15, -0.1) is 0 Å². The fourth-order valence-corrected chi connectivity index (χ4v) is 2.48. The molecule has 1 aromatic carbocycles. The summed E-state index contributed by atoms with van der Waals surface area (Å²) in [5.74, 6) is 1.32. The number of methoxy groups -OCH3 is 3. The molecular weight excluding hydrogens is 336 g/mol. The predicted octanol–water partition coefficient (Wildman–Crippen LogP) is 2.02. The lowest BCUT2D eigenvalue weighted by Gasteiger charge is -2.23. The van der Waals surface area contributed by atoms with Gasteiger partial charge in [0, 0.05) is 19.0 Å². The Bertz CT molecular complexity index is 612. The summed E-state index contributed by atoms with van der Waals surface area (Å²) in [4.78, 5) is 25.7. The van der Waals surface area contributed by atoms with Gasteiger partial charge in [0.1, 0.15) is 0 Å². The summed E-state index contributed by atoms with van der Waals surface area (Å²) < 4.78 is 15.9. The quantitative estimate of drug-likeness (QED) is 0.762. The molecule has 146 valence electrons. The maximum absolute atomic E-state index is 12.3. The molecular formula is C19H30N2O5. The third kappa shape index (κ3) is 6.46. The fraction of sp³-hybridized carbons (Fsp3) is 0.579. The van der Waals surface area contributed by atoms with Crippen molar-refractivity contribution in [2.45, 2.75) is 39.2 Å². The van der Waals surface area contributed by atoms with Crippen molar-refractivity contribution in [3.05, 3.63) is 17.7 Å². The maximum atomic E-state index is 12.3. The van der Waals surface area contributed by atoms with Crippen molar-refractivity contribution in [2.75, 3.05) is 34.9 Å². The number of nitrogens with zero attached hydrogens (tertiary/aromatic N) is 1. The van der Waals surface area contributed by atoms with E-state index in [0.29, 0.717) is 23.7 Å². The zero-order valence-corrected chi connectivity index (χ0v) is 16.8. The molecule has 2 amide bonds. The van der Waals surface area contributed by atoms with Gasteiger partial charge in [-0.05, 0) is 44.9 Å². The Hall–Kier alpha value is -2.44. The lowest BCUT2D eigenvalue weighted by Crippen LogP contribution is -2.46. The van der Waals surface area contributed by atoms with E-state index in [4.69, 9.17) is 14.2 Å². The second-order valence-corrected chi connectivity index (χ2v) is 7.08. The highest BCUT2D eigenvalue weighted by Gasteiger charge is 2.18. The van der Waals surface area contributed by atoms with Crippen LogP contribution >= 0.6 is 0 Å². The molecule has 0 fully saturated rings. The molecule has 0 aliphatic rings. The summed E-state index contributed by atoms with van der Waals surface area (Å²) in [6, 6.07) is 3.64. The highest BCUT2D eigenvalue weighted by Crippen LogP contribution is 2.38. The van der Waals surface area contributed by atoms with E-state index in [1.54, 1.807) is 28.4 Å². The summed E-state index contributed by atoms with van der Waals surface area (Å²) in [7, 11) is 6.27. The lowest BCUT2D eigenvalue weighted by molar-refractivity contribution is -0.135. The number of rotatable bonds is 8. The monoisotopic (exact) mass is 366 g/mol. The molecule has 7 heteroatoms. The molecule has 0 aliphatic heterocycles. The summed E-state index contributed by atoms with van der Waals surface area (Å²) in [5.41, 5.74) is 0.567. The average molecular weight is 366 g/mol. The number of hydrogen-bond donors (Lipinski definition) is 1. The number of carbonyl (C=O) groups is 2. The Morgan fingerprint density at radius 3 is 2.00 bits per heavy atom. The van der Waals surface area contributed by atoms with Crippen LogP contribution in [0, 0.1) is 0 Å². The molecule has 0 heterocycles. The first kappa shape index (κ1) is 21.6. The molecule has 0 radical (unpaired) electrons. The smallest absolute Gasteiger partial charge is 0.240 e. The van der Waals surface area contributed by atoms with Crippen molar-refractivity contribution in [1.29, 1.82) is 0 Å². The maximum Gasteiger partial charge on any atom is 0.240 e. The molecule has 0 unspecified atom stereocenters. The summed E-state index contributed by atoms with van der Waals surface area (Å²) in [6.45, 7) is 5.73. The second-order valence-electron chi connectivity index (χ2n) is 7.08. The van der Waals surface area contributed by atoms with Gasteiger partial charge in [0.2, 0.25) is 17.6 Å². The van der Waals surface area contributed by atoms with E-state index in [1.165, 1.54) is 4.90 Å². The fourth-order valence-electron chi connectivity index (χ4n) is 2.48. The van der Waals surface area contributed by atoms with Crippen LogP contribution in [0.4, 0.5) is 0 Å². The molecule has 0 saturated heterocycles. The first-order valence-electron chi connectivity index (χ1n) is 8.45. The van der Waals surface area contributed by atoms with Crippen LogP contribution in [-0.4, -0.2) is 57.2 Å². The van der Waals surface area contributed by atoms with Gasteiger partial charge in [0.15, 0.2) is 11.5 Å². The number of benzene rings is 1. The molecule has 7 nitrogen and oxygen atoms in total. The van der Waals surface area contributed by atoms with Crippen LogP contribution in [0.5, 0.6) is 17.2 Å². The SMILES string of the molecule is COc1cc(CCC(=O)N(C)CC(=O)NC(C)(C)C)cc(OC)c1OC. The topological polar surface area (TPSA) is 77.1 Å². The standard InChI is InChI=1S/C19H30N2O5/c1-19(2,3)20-16(22)12-21(4)17(23)9-8-13-10-14(24-5)18(26-7)15(11-13)25-6/h10-11H,8-9,12H2,1-7H3,(H,20,22). The van der Waals surface area contributed by atoms with Gasteiger partial charge < -0.3 is 24.4 Å². The summed E-state index contributed by atoms with van der Waals surface area (Å²) in [6.07, 6.45) is 0.777. The van der Waals surface area contributed by atoms with E-state index >= 15 is 0 Å². The highest BCUT2D eigenvalue weighted by atomic mass is 16.5. The second kappa shape index (κ2) is 9.31. The molecule has 0 spiro atoms. The van der Waals surface area contributed by atoms with Gasteiger partial charge in [-0.3, -0.25) is 9.59 Å². The van der Waals surface area contributed by atoms with Gasteiger partial charge in [-0.1, -0.05) is 0 Å². The molecule has 26 heavy (non-hydrogen) atoms. The lowest BCUT2D eigenvalue weighted by atomic mass is 10.1. The number of amides is 2. The first-order valence-corrected chi connectivity index (χ1v) is 8.45. The molecule has 1 rings (SSSR count). The van der Waals surface area contributed by atoms with E-state index in [0.717, 1.165) is 5.56 Å². The number of nitrogens with one attached hydrogen (secondary N) is 1. The van der Waals surface area contributed by atoms with Crippen molar-refractivity contribution in [2.24, 2.45) is 0 Å². The summed E-state index contributed by atoms with van der Waals surface area (Å²) in [5, 5.41) is 2.84. The minimum Gasteiger partial charge on any atom is -0.493 e. The Morgan fingerprint density at radius 2 is 1.58 bits per heavy atom. The minimum absolute atomic E-state index is 0.0331. The molecule has 0 saturated carbocycles. The van der Waals surface area contributed by atoms with E-state index in [2.05, 4.69) is 5.32 Å². The number of aryl methyl sites for hydroxylation is 1. The molecule has 1 N–H and O–H groups in total. The largest absolute Gasteiger partial charge is 0.493 e. The Kier molecular flexibility index (Phi) is 7.74. The van der Waals surface area contributed by atoms with Crippen LogP contribution in [0.1, 0.15) is 32.8 Å². The average Bonchev–Trinajstić information content (AvgIpc) is 2.56. The number of carbonyl (C=O) groups excluding carboxylic acids is 2. The van der Waals surface area contributed by atoms with Crippen LogP contribution in [-0.2, 0) is 16.0 Å². The molecule has 0 atom stereocenters. The van der Waals surface area contributed by atoms with Gasteiger partial charge in [0.05, 0.1) is 27.9 Å². The third-order valence-corrected chi connectivity index (χ3v) is 3.67. The van der Waals surface area contributed by atoms with Gasteiger partial charge in [0.25, 0.3) is 0 Å². The van der Waals surface area contributed by atoms with Crippen LogP contribution in [0.15, 0.2) is 12.1 Å². The minimum atomic E-state index is -0.322.